The van der Waals surface area contributed by atoms with Gasteiger partial charge in [-0.05, 0) is 38.2 Å². The molecule has 2 rings (SSSR count). The van der Waals surface area contributed by atoms with Gasteiger partial charge in [0.2, 0.25) is 0 Å². The van der Waals surface area contributed by atoms with Crippen LogP contribution in [0, 0.1) is 0 Å². The molecule has 2 aromatic rings. The molecular weight excluding hydrogens is 292 g/mol. The minimum atomic E-state index is 0.809. The van der Waals surface area contributed by atoms with Gasteiger partial charge in [-0.25, -0.2) is 0 Å². The van der Waals surface area contributed by atoms with Gasteiger partial charge in [0.15, 0.2) is 0 Å². The Hall–Kier alpha value is -0.810. The Morgan fingerprint density at radius 2 is 2.20 bits per heavy atom. The van der Waals surface area contributed by atoms with E-state index in [2.05, 4.69) is 36.3 Å². The molecule has 2 aromatic heterocycles. The minimum absolute atomic E-state index is 0.809. The van der Waals surface area contributed by atoms with Crippen molar-refractivity contribution in [2.75, 3.05) is 13.6 Å². The monoisotopic (exact) mass is 312 g/mol. The third kappa shape index (κ3) is 4.94. The molecule has 0 aliphatic rings. The van der Waals surface area contributed by atoms with Gasteiger partial charge in [-0.2, -0.15) is 0 Å². The fourth-order valence-corrected chi connectivity index (χ4v) is 3.20. The first-order chi connectivity index (χ1) is 9.67. The summed E-state index contributed by atoms with van der Waals surface area (Å²) in [6.45, 7) is 5.78. The minimum Gasteiger partial charge on any atom is -0.468 e. The van der Waals surface area contributed by atoms with Gasteiger partial charge >= 0.3 is 0 Å². The van der Waals surface area contributed by atoms with Gasteiger partial charge in [0.25, 0.3) is 0 Å². The van der Waals surface area contributed by atoms with Gasteiger partial charge in [0.05, 0.1) is 17.1 Å². The summed E-state index contributed by atoms with van der Waals surface area (Å²) in [6, 6.07) is 6.14. The van der Waals surface area contributed by atoms with Crippen molar-refractivity contribution >= 4 is 22.9 Å². The second-order valence-electron chi connectivity index (χ2n) is 4.98. The van der Waals surface area contributed by atoms with E-state index >= 15 is 0 Å². The summed E-state index contributed by atoms with van der Waals surface area (Å²) >= 11 is 7.57. The highest BCUT2D eigenvalue weighted by Crippen LogP contribution is 2.23. The molecule has 3 nitrogen and oxygen atoms in total. The molecule has 0 radical (unpaired) electrons. The summed E-state index contributed by atoms with van der Waals surface area (Å²) in [6.07, 6.45) is 2.99. The number of nitrogens with one attached hydrogen (secondary N) is 1. The van der Waals surface area contributed by atoms with E-state index in [1.54, 1.807) is 11.3 Å². The zero-order chi connectivity index (χ0) is 14.4. The van der Waals surface area contributed by atoms with Gasteiger partial charge in [-0.3, -0.25) is 4.90 Å². The average molecular weight is 313 g/mol. The SMILES string of the molecule is CCCNCc1coc(CN(C)Cc2ccc(Cl)s2)c1. The molecule has 1 N–H and O–H groups in total. The molecule has 0 fully saturated rings. The van der Waals surface area contributed by atoms with Crippen LogP contribution in [0.5, 0.6) is 0 Å². The molecule has 0 bridgehead atoms. The Bertz CT molecular complexity index is 523. The van der Waals surface area contributed by atoms with E-state index in [1.165, 1.54) is 10.4 Å². The highest BCUT2D eigenvalue weighted by Gasteiger charge is 2.07. The van der Waals surface area contributed by atoms with Crippen LogP contribution < -0.4 is 5.32 Å². The Labute approximate surface area is 129 Å². The van der Waals surface area contributed by atoms with Crippen LogP contribution in [-0.4, -0.2) is 18.5 Å². The second-order valence-corrected chi connectivity index (χ2v) is 6.78. The number of hydrogen-bond donors (Lipinski definition) is 1. The number of hydrogen-bond acceptors (Lipinski definition) is 4. The molecule has 0 saturated carbocycles. The van der Waals surface area contributed by atoms with E-state index in [1.807, 2.05) is 12.3 Å². The molecule has 0 aliphatic carbocycles. The van der Waals surface area contributed by atoms with E-state index in [0.717, 1.165) is 42.7 Å². The first-order valence-electron chi connectivity index (χ1n) is 6.87. The van der Waals surface area contributed by atoms with Crippen LogP contribution in [0.25, 0.3) is 0 Å². The van der Waals surface area contributed by atoms with Crippen molar-refractivity contribution in [1.29, 1.82) is 0 Å². The maximum Gasteiger partial charge on any atom is 0.118 e. The zero-order valence-corrected chi connectivity index (χ0v) is 13.6. The van der Waals surface area contributed by atoms with Crippen molar-refractivity contribution in [3.63, 3.8) is 0 Å². The standard InChI is InChI=1S/C15H21ClN2OS/c1-3-6-17-8-12-7-13(19-11-12)9-18(2)10-14-4-5-15(16)20-14/h4-5,7,11,17H,3,6,8-10H2,1-2H3. The largest absolute Gasteiger partial charge is 0.468 e. The molecule has 2 heterocycles. The van der Waals surface area contributed by atoms with E-state index < -0.39 is 0 Å². The first kappa shape index (κ1) is 15.6. The fourth-order valence-electron chi connectivity index (χ4n) is 2.04. The molecule has 5 heteroatoms. The molecule has 0 atom stereocenters. The maximum atomic E-state index is 5.94. The van der Waals surface area contributed by atoms with E-state index in [0.29, 0.717) is 0 Å². The van der Waals surface area contributed by atoms with Crippen molar-refractivity contribution in [2.24, 2.45) is 0 Å². The van der Waals surface area contributed by atoms with Crippen molar-refractivity contribution in [3.8, 4) is 0 Å². The molecule has 0 aromatic carbocycles. The lowest BCUT2D eigenvalue weighted by atomic mass is 10.3. The summed E-state index contributed by atoms with van der Waals surface area (Å²) in [5, 5.41) is 3.37. The third-order valence-corrected chi connectivity index (χ3v) is 4.16. The summed E-state index contributed by atoms with van der Waals surface area (Å²) in [7, 11) is 2.09. The van der Waals surface area contributed by atoms with Crippen molar-refractivity contribution in [2.45, 2.75) is 33.0 Å². The Morgan fingerprint density at radius 1 is 1.35 bits per heavy atom. The van der Waals surface area contributed by atoms with E-state index in [4.69, 9.17) is 16.0 Å². The lowest BCUT2D eigenvalue weighted by molar-refractivity contribution is 0.290. The summed E-state index contributed by atoms with van der Waals surface area (Å²) in [4.78, 5) is 3.50. The second kappa shape index (κ2) is 7.84. The van der Waals surface area contributed by atoms with Gasteiger partial charge in [-0.15, -0.1) is 11.3 Å². The number of thiophene rings is 1. The highest BCUT2D eigenvalue weighted by molar-refractivity contribution is 7.16. The number of nitrogens with zero attached hydrogens (tertiary/aromatic N) is 1. The van der Waals surface area contributed by atoms with E-state index in [-0.39, 0.29) is 0 Å². The molecule has 110 valence electrons. The van der Waals surface area contributed by atoms with Gasteiger partial charge in [0.1, 0.15) is 5.76 Å². The topological polar surface area (TPSA) is 28.4 Å². The van der Waals surface area contributed by atoms with Crippen LogP contribution in [0.1, 0.15) is 29.5 Å². The van der Waals surface area contributed by atoms with Crippen LogP contribution in [0.15, 0.2) is 28.9 Å². The fraction of sp³-hybridized carbons (Fsp3) is 0.467. The average Bonchev–Trinajstić information content (AvgIpc) is 2.99. The molecule has 0 unspecified atom stereocenters. The zero-order valence-electron chi connectivity index (χ0n) is 12.0. The van der Waals surface area contributed by atoms with Crippen molar-refractivity contribution in [1.82, 2.24) is 10.2 Å². The summed E-state index contributed by atoms with van der Waals surface area (Å²) in [5.74, 6) is 1.00. The van der Waals surface area contributed by atoms with Crippen LogP contribution in [0.2, 0.25) is 4.34 Å². The quantitative estimate of drug-likeness (QED) is 0.743. The summed E-state index contributed by atoms with van der Waals surface area (Å²) < 4.78 is 6.45. The smallest absolute Gasteiger partial charge is 0.118 e. The Balaban J connectivity index is 1.80. The Morgan fingerprint density at radius 3 is 2.90 bits per heavy atom. The predicted octanol–water partition coefficient (Wildman–Crippen LogP) is 4.13. The molecule has 0 saturated heterocycles. The Kier molecular flexibility index (Phi) is 6.10. The molecule has 20 heavy (non-hydrogen) atoms. The number of halogens is 1. The highest BCUT2D eigenvalue weighted by atomic mass is 35.5. The molecule has 0 aliphatic heterocycles. The van der Waals surface area contributed by atoms with Gasteiger partial charge in [0, 0.05) is 23.5 Å². The maximum absolute atomic E-state index is 5.94. The van der Waals surface area contributed by atoms with Crippen LogP contribution >= 0.6 is 22.9 Å². The van der Waals surface area contributed by atoms with Crippen LogP contribution in [-0.2, 0) is 19.6 Å². The van der Waals surface area contributed by atoms with Crippen LogP contribution in [0.3, 0.4) is 0 Å². The molecule has 0 spiro atoms. The van der Waals surface area contributed by atoms with Crippen LogP contribution in [0.4, 0.5) is 0 Å². The first-order valence-corrected chi connectivity index (χ1v) is 8.06. The lowest BCUT2D eigenvalue weighted by Crippen LogP contribution is -2.16. The van der Waals surface area contributed by atoms with E-state index in [9.17, 15) is 0 Å². The van der Waals surface area contributed by atoms with Crippen molar-refractivity contribution < 1.29 is 4.42 Å². The predicted molar refractivity (Wildman–Crippen MR) is 85.2 cm³/mol. The van der Waals surface area contributed by atoms with Crippen molar-refractivity contribution in [3.05, 3.63) is 45.0 Å². The normalized spacial score (nSPS) is 11.4. The van der Waals surface area contributed by atoms with Gasteiger partial charge in [-0.1, -0.05) is 18.5 Å². The van der Waals surface area contributed by atoms with Gasteiger partial charge < -0.3 is 9.73 Å². The third-order valence-electron chi connectivity index (χ3n) is 2.94. The molecule has 0 amide bonds. The summed E-state index contributed by atoms with van der Waals surface area (Å²) in [5.41, 5.74) is 1.21. The lowest BCUT2D eigenvalue weighted by Gasteiger charge is -2.13. The molecular formula is C15H21ClN2OS. The number of furan rings is 1. The number of rotatable bonds is 8.